The standard InChI is InChI=1S/C11H11N3O6/c15-11(16)9-1-2-12-10(9)6-3-7(13(17)18)5-8(4-6)14(19)20/h3-5,9-10,12H,1-2H2,(H,15,16). The summed E-state index contributed by atoms with van der Waals surface area (Å²) in [7, 11) is 0. The van der Waals surface area contributed by atoms with Crippen LogP contribution < -0.4 is 5.32 Å². The lowest BCUT2D eigenvalue weighted by Gasteiger charge is -2.16. The fourth-order valence-corrected chi connectivity index (χ4v) is 2.33. The first-order chi connectivity index (χ1) is 9.40. The summed E-state index contributed by atoms with van der Waals surface area (Å²) in [5.74, 6) is -1.79. The molecule has 1 saturated heterocycles. The molecule has 0 saturated carbocycles. The number of nitrogens with one attached hydrogen (secondary N) is 1. The minimum atomic E-state index is -1.03. The molecule has 0 amide bonds. The summed E-state index contributed by atoms with van der Waals surface area (Å²) in [6, 6.07) is 2.54. The van der Waals surface area contributed by atoms with Crippen LogP contribution in [-0.4, -0.2) is 27.5 Å². The van der Waals surface area contributed by atoms with Crippen molar-refractivity contribution in [2.75, 3.05) is 6.54 Å². The lowest BCUT2D eigenvalue weighted by Crippen LogP contribution is -2.23. The highest BCUT2D eigenvalue weighted by atomic mass is 16.6. The van der Waals surface area contributed by atoms with E-state index in [2.05, 4.69) is 5.32 Å². The largest absolute Gasteiger partial charge is 0.481 e. The van der Waals surface area contributed by atoms with E-state index in [0.29, 0.717) is 13.0 Å². The summed E-state index contributed by atoms with van der Waals surface area (Å²) in [5.41, 5.74) is -0.602. The van der Waals surface area contributed by atoms with E-state index in [1.54, 1.807) is 0 Å². The van der Waals surface area contributed by atoms with Gasteiger partial charge in [0.1, 0.15) is 0 Å². The maximum absolute atomic E-state index is 11.1. The van der Waals surface area contributed by atoms with Gasteiger partial charge in [-0.25, -0.2) is 0 Å². The molecule has 1 aliphatic heterocycles. The predicted molar refractivity (Wildman–Crippen MR) is 66.2 cm³/mol. The zero-order chi connectivity index (χ0) is 14.9. The Morgan fingerprint density at radius 2 is 1.75 bits per heavy atom. The van der Waals surface area contributed by atoms with Gasteiger partial charge in [-0.2, -0.15) is 0 Å². The molecule has 0 spiro atoms. The number of hydrogen-bond acceptors (Lipinski definition) is 6. The number of aliphatic carboxylic acids is 1. The van der Waals surface area contributed by atoms with Gasteiger partial charge in [0, 0.05) is 18.2 Å². The van der Waals surface area contributed by atoms with E-state index >= 15 is 0 Å². The first-order valence-electron chi connectivity index (χ1n) is 5.80. The van der Waals surface area contributed by atoms with Gasteiger partial charge in [0.25, 0.3) is 11.4 Å². The van der Waals surface area contributed by atoms with Crippen LogP contribution in [0.4, 0.5) is 11.4 Å². The zero-order valence-corrected chi connectivity index (χ0v) is 10.2. The molecule has 0 radical (unpaired) electrons. The van der Waals surface area contributed by atoms with Gasteiger partial charge in [-0.3, -0.25) is 25.0 Å². The molecule has 1 aromatic rings. The Kier molecular flexibility index (Phi) is 3.61. The molecule has 1 aromatic carbocycles. The van der Waals surface area contributed by atoms with E-state index in [0.717, 1.165) is 6.07 Å². The van der Waals surface area contributed by atoms with E-state index in [9.17, 15) is 25.0 Å². The number of nitrogens with zero attached hydrogens (tertiary/aromatic N) is 2. The van der Waals surface area contributed by atoms with Crippen molar-refractivity contribution in [1.82, 2.24) is 5.32 Å². The second-order valence-electron chi connectivity index (χ2n) is 4.46. The summed E-state index contributed by atoms with van der Waals surface area (Å²) in [6.07, 6.45) is 0.372. The molecule has 2 rings (SSSR count). The summed E-state index contributed by atoms with van der Waals surface area (Å²) in [5, 5.41) is 33.6. The van der Waals surface area contributed by atoms with Crippen LogP contribution in [0.2, 0.25) is 0 Å². The fourth-order valence-electron chi connectivity index (χ4n) is 2.33. The number of non-ortho nitro benzene ring substituents is 2. The van der Waals surface area contributed by atoms with E-state index in [4.69, 9.17) is 5.11 Å². The lowest BCUT2D eigenvalue weighted by molar-refractivity contribution is -0.394. The summed E-state index contributed by atoms with van der Waals surface area (Å²) in [4.78, 5) is 31.3. The number of rotatable bonds is 4. The molecule has 1 heterocycles. The quantitative estimate of drug-likeness (QED) is 0.625. The van der Waals surface area contributed by atoms with Crippen LogP contribution in [0.25, 0.3) is 0 Å². The molecule has 9 heteroatoms. The van der Waals surface area contributed by atoms with Crippen LogP contribution in [-0.2, 0) is 4.79 Å². The molecule has 2 atom stereocenters. The second kappa shape index (κ2) is 5.21. The molecule has 1 aliphatic rings. The number of carboxylic acid groups (broad SMARTS) is 1. The highest BCUT2D eigenvalue weighted by Crippen LogP contribution is 2.34. The average Bonchev–Trinajstić information content (AvgIpc) is 2.87. The van der Waals surface area contributed by atoms with E-state index in [1.807, 2.05) is 0 Å². The number of nitro benzene ring substituents is 2. The second-order valence-corrected chi connectivity index (χ2v) is 4.46. The van der Waals surface area contributed by atoms with Crippen LogP contribution >= 0.6 is 0 Å². The SMILES string of the molecule is O=C(O)C1CCNC1c1cc([N+](=O)[O-])cc([N+](=O)[O-])c1. The summed E-state index contributed by atoms with van der Waals surface area (Å²) >= 11 is 0. The van der Waals surface area contributed by atoms with Gasteiger partial charge in [-0.15, -0.1) is 0 Å². The molecule has 106 valence electrons. The third-order valence-electron chi connectivity index (χ3n) is 3.24. The smallest absolute Gasteiger partial charge is 0.308 e. The number of carboxylic acids is 1. The van der Waals surface area contributed by atoms with E-state index in [-0.39, 0.29) is 5.56 Å². The normalized spacial score (nSPS) is 21.6. The molecule has 1 fully saturated rings. The van der Waals surface area contributed by atoms with Crippen LogP contribution in [0.5, 0.6) is 0 Å². The maximum Gasteiger partial charge on any atom is 0.308 e. The summed E-state index contributed by atoms with van der Waals surface area (Å²) < 4.78 is 0. The van der Waals surface area contributed by atoms with Crippen molar-refractivity contribution in [3.05, 3.63) is 44.0 Å². The van der Waals surface area contributed by atoms with Gasteiger partial charge in [0.2, 0.25) is 0 Å². The Hall–Kier alpha value is -2.55. The predicted octanol–water partition coefficient (Wildman–Crippen LogP) is 1.24. The average molecular weight is 281 g/mol. The monoisotopic (exact) mass is 281 g/mol. The van der Waals surface area contributed by atoms with Crippen molar-refractivity contribution in [2.24, 2.45) is 5.92 Å². The molecule has 2 unspecified atom stereocenters. The third-order valence-corrected chi connectivity index (χ3v) is 3.24. The number of nitro groups is 2. The zero-order valence-electron chi connectivity index (χ0n) is 10.2. The Morgan fingerprint density at radius 3 is 2.20 bits per heavy atom. The van der Waals surface area contributed by atoms with Crippen LogP contribution in [0.15, 0.2) is 18.2 Å². The van der Waals surface area contributed by atoms with Gasteiger partial charge in [-0.05, 0) is 18.5 Å². The summed E-state index contributed by atoms with van der Waals surface area (Å²) in [6.45, 7) is 0.443. The highest BCUT2D eigenvalue weighted by molar-refractivity contribution is 5.72. The minimum Gasteiger partial charge on any atom is -0.481 e. The van der Waals surface area contributed by atoms with Gasteiger partial charge < -0.3 is 10.4 Å². The van der Waals surface area contributed by atoms with Crippen molar-refractivity contribution in [2.45, 2.75) is 12.5 Å². The third kappa shape index (κ3) is 2.57. The lowest BCUT2D eigenvalue weighted by atomic mass is 9.94. The molecular formula is C11H11N3O6. The van der Waals surface area contributed by atoms with Crippen molar-refractivity contribution in [1.29, 1.82) is 0 Å². The number of hydrogen-bond donors (Lipinski definition) is 2. The topological polar surface area (TPSA) is 136 Å². The Balaban J connectivity index is 2.47. The Labute approximate surface area is 112 Å². The first kappa shape index (κ1) is 13.9. The van der Waals surface area contributed by atoms with E-state index < -0.39 is 39.2 Å². The Morgan fingerprint density at radius 1 is 1.20 bits per heavy atom. The molecule has 0 aromatic heterocycles. The Bertz CT molecular complexity index is 555. The molecule has 0 aliphatic carbocycles. The maximum atomic E-state index is 11.1. The first-order valence-corrected chi connectivity index (χ1v) is 5.80. The molecular weight excluding hydrogens is 270 g/mol. The van der Waals surface area contributed by atoms with Gasteiger partial charge in [-0.1, -0.05) is 0 Å². The number of benzene rings is 1. The van der Waals surface area contributed by atoms with Crippen molar-refractivity contribution >= 4 is 17.3 Å². The van der Waals surface area contributed by atoms with Crippen molar-refractivity contribution < 1.29 is 19.7 Å². The molecule has 20 heavy (non-hydrogen) atoms. The van der Waals surface area contributed by atoms with E-state index in [1.165, 1.54) is 12.1 Å². The van der Waals surface area contributed by atoms with Crippen LogP contribution in [0, 0.1) is 26.1 Å². The fraction of sp³-hybridized carbons (Fsp3) is 0.364. The molecule has 0 bridgehead atoms. The van der Waals surface area contributed by atoms with Gasteiger partial charge in [0.05, 0.1) is 21.8 Å². The highest BCUT2D eigenvalue weighted by Gasteiger charge is 2.35. The van der Waals surface area contributed by atoms with Gasteiger partial charge in [0.15, 0.2) is 0 Å². The van der Waals surface area contributed by atoms with Crippen LogP contribution in [0.1, 0.15) is 18.0 Å². The van der Waals surface area contributed by atoms with Crippen LogP contribution in [0.3, 0.4) is 0 Å². The molecule has 9 nitrogen and oxygen atoms in total. The minimum absolute atomic E-state index is 0.246. The van der Waals surface area contributed by atoms with Gasteiger partial charge >= 0.3 is 5.97 Å². The van der Waals surface area contributed by atoms with Crippen molar-refractivity contribution in [3.63, 3.8) is 0 Å². The number of carbonyl (C=O) groups is 1. The molecule has 2 N–H and O–H groups in total. The van der Waals surface area contributed by atoms with Crippen molar-refractivity contribution in [3.8, 4) is 0 Å².